The zero-order valence-electron chi connectivity index (χ0n) is 8.21. The zero-order chi connectivity index (χ0) is 12.0. The van der Waals surface area contributed by atoms with Gasteiger partial charge in [-0.1, -0.05) is 0 Å². The van der Waals surface area contributed by atoms with E-state index < -0.39 is 11.7 Å². The third-order valence-electron chi connectivity index (χ3n) is 1.75. The molecule has 0 aromatic carbocycles. The van der Waals surface area contributed by atoms with E-state index in [0.29, 0.717) is 25.3 Å². The number of carbonyl (C=O) groups excluding carboxylic acids is 1. The SMILES string of the molecule is O=CNCCNc1ccc(C(F)(F)F)cn1. The number of anilines is 1. The summed E-state index contributed by atoms with van der Waals surface area (Å²) >= 11 is 0. The predicted molar refractivity (Wildman–Crippen MR) is 51.8 cm³/mol. The molecule has 0 aliphatic carbocycles. The minimum atomic E-state index is -4.37. The average Bonchev–Trinajstić information content (AvgIpc) is 2.24. The van der Waals surface area contributed by atoms with Crippen LogP contribution in [-0.4, -0.2) is 24.5 Å². The van der Waals surface area contributed by atoms with Gasteiger partial charge in [0.05, 0.1) is 5.56 Å². The lowest BCUT2D eigenvalue weighted by atomic mass is 10.3. The van der Waals surface area contributed by atoms with E-state index in [2.05, 4.69) is 15.6 Å². The van der Waals surface area contributed by atoms with Crippen LogP contribution in [0.5, 0.6) is 0 Å². The quantitative estimate of drug-likeness (QED) is 0.594. The number of aromatic nitrogens is 1. The first-order valence-electron chi connectivity index (χ1n) is 4.48. The number of carbonyl (C=O) groups is 1. The highest BCUT2D eigenvalue weighted by molar-refractivity contribution is 5.46. The predicted octanol–water partition coefficient (Wildman–Crippen LogP) is 1.26. The Morgan fingerprint density at radius 2 is 2.06 bits per heavy atom. The van der Waals surface area contributed by atoms with Crippen LogP contribution >= 0.6 is 0 Å². The molecule has 0 bridgehead atoms. The zero-order valence-corrected chi connectivity index (χ0v) is 8.21. The van der Waals surface area contributed by atoms with E-state index in [1.165, 1.54) is 6.07 Å². The Hall–Kier alpha value is -1.79. The first kappa shape index (κ1) is 12.3. The fourth-order valence-corrected chi connectivity index (χ4v) is 0.988. The first-order chi connectivity index (χ1) is 7.54. The van der Waals surface area contributed by atoms with Crippen molar-refractivity contribution < 1.29 is 18.0 Å². The lowest BCUT2D eigenvalue weighted by molar-refractivity contribution is -0.137. The van der Waals surface area contributed by atoms with Crippen LogP contribution in [0.4, 0.5) is 19.0 Å². The molecule has 1 aromatic heterocycles. The fourth-order valence-electron chi connectivity index (χ4n) is 0.988. The van der Waals surface area contributed by atoms with Crippen molar-refractivity contribution in [2.75, 3.05) is 18.4 Å². The largest absolute Gasteiger partial charge is 0.417 e. The Morgan fingerprint density at radius 1 is 1.31 bits per heavy atom. The summed E-state index contributed by atoms with van der Waals surface area (Å²) in [6, 6.07) is 2.19. The van der Waals surface area contributed by atoms with Gasteiger partial charge in [0.25, 0.3) is 0 Å². The maximum absolute atomic E-state index is 12.2. The third kappa shape index (κ3) is 3.76. The van der Waals surface area contributed by atoms with E-state index in [1.807, 2.05) is 0 Å². The number of hydrogen-bond donors (Lipinski definition) is 2. The van der Waals surface area contributed by atoms with Crippen LogP contribution in [0.3, 0.4) is 0 Å². The van der Waals surface area contributed by atoms with E-state index in [-0.39, 0.29) is 0 Å². The molecule has 1 aromatic rings. The van der Waals surface area contributed by atoms with Gasteiger partial charge in [0.2, 0.25) is 6.41 Å². The van der Waals surface area contributed by atoms with Gasteiger partial charge in [0.1, 0.15) is 5.82 Å². The number of pyridine rings is 1. The highest BCUT2D eigenvalue weighted by Gasteiger charge is 2.30. The molecule has 7 heteroatoms. The molecule has 0 saturated heterocycles. The van der Waals surface area contributed by atoms with Crippen LogP contribution < -0.4 is 10.6 Å². The van der Waals surface area contributed by atoms with Gasteiger partial charge >= 0.3 is 6.18 Å². The summed E-state index contributed by atoms with van der Waals surface area (Å²) in [5.74, 6) is 0.334. The van der Waals surface area contributed by atoms with Crippen LogP contribution in [-0.2, 0) is 11.0 Å². The van der Waals surface area contributed by atoms with Gasteiger partial charge in [-0.2, -0.15) is 13.2 Å². The molecule has 4 nitrogen and oxygen atoms in total. The first-order valence-corrected chi connectivity index (χ1v) is 4.48. The van der Waals surface area contributed by atoms with Crippen LogP contribution in [0.1, 0.15) is 5.56 Å². The van der Waals surface area contributed by atoms with E-state index in [9.17, 15) is 18.0 Å². The smallest absolute Gasteiger partial charge is 0.368 e. The monoisotopic (exact) mass is 233 g/mol. The van der Waals surface area contributed by atoms with Crippen molar-refractivity contribution in [3.8, 4) is 0 Å². The number of halogens is 3. The summed E-state index contributed by atoms with van der Waals surface area (Å²) in [6.45, 7) is 0.781. The van der Waals surface area contributed by atoms with Crippen LogP contribution in [0.2, 0.25) is 0 Å². The second kappa shape index (κ2) is 5.34. The molecule has 88 valence electrons. The Balaban J connectivity index is 2.48. The Morgan fingerprint density at radius 3 is 2.56 bits per heavy atom. The summed E-state index contributed by atoms with van der Waals surface area (Å²) in [7, 11) is 0. The third-order valence-corrected chi connectivity index (χ3v) is 1.75. The molecular weight excluding hydrogens is 223 g/mol. The maximum atomic E-state index is 12.2. The summed E-state index contributed by atoms with van der Waals surface area (Å²) in [4.78, 5) is 13.5. The highest BCUT2D eigenvalue weighted by Crippen LogP contribution is 2.28. The van der Waals surface area contributed by atoms with Gasteiger partial charge in [-0.15, -0.1) is 0 Å². The van der Waals surface area contributed by atoms with Crippen molar-refractivity contribution in [3.63, 3.8) is 0 Å². The summed E-state index contributed by atoms with van der Waals surface area (Å²) in [5, 5.41) is 5.16. The van der Waals surface area contributed by atoms with Crippen LogP contribution in [0, 0.1) is 0 Å². The number of amides is 1. The van der Waals surface area contributed by atoms with Gasteiger partial charge in [0, 0.05) is 19.3 Å². The van der Waals surface area contributed by atoms with E-state index in [0.717, 1.165) is 12.3 Å². The van der Waals surface area contributed by atoms with Crippen LogP contribution in [0.25, 0.3) is 0 Å². The molecule has 0 spiro atoms. The normalized spacial score (nSPS) is 10.9. The van der Waals surface area contributed by atoms with Gasteiger partial charge in [0.15, 0.2) is 0 Å². The minimum Gasteiger partial charge on any atom is -0.368 e. The molecule has 1 amide bonds. The van der Waals surface area contributed by atoms with Crippen molar-refractivity contribution in [1.29, 1.82) is 0 Å². The summed E-state index contributed by atoms with van der Waals surface area (Å²) < 4.78 is 36.5. The molecule has 0 radical (unpaired) electrons. The van der Waals surface area contributed by atoms with Crippen LogP contribution in [0.15, 0.2) is 18.3 Å². The van der Waals surface area contributed by atoms with Gasteiger partial charge < -0.3 is 10.6 Å². The van der Waals surface area contributed by atoms with E-state index in [1.54, 1.807) is 0 Å². The number of alkyl halides is 3. The number of nitrogens with one attached hydrogen (secondary N) is 2. The number of rotatable bonds is 5. The molecular formula is C9H10F3N3O. The molecule has 0 aliphatic heterocycles. The molecule has 16 heavy (non-hydrogen) atoms. The molecule has 1 heterocycles. The highest BCUT2D eigenvalue weighted by atomic mass is 19.4. The summed E-state index contributed by atoms with van der Waals surface area (Å²) in [5.41, 5.74) is -0.788. The van der Waals surface area contributed by atoms with E-state index >= 15 is 0 Å². The number of hydrogen-bond acceptors (Lipinski definition) is 3. The van der Waals surface area contributed by atoms with Gasteiger partial charge in [-0.05, 0) is 12.1 Å². The Labute approximate surface area is 89.9 Å². The molecule has 0 unspecified atom stereocenters. The van der Waals surface area contributed by atoms with E-state index in [4.69, 9.17) is 0 Å². The van der Waals surface area contributed by atoms with Crippen molar-refractivity contribution in [2.45, 2.75) is 6.18 Å². The Bertz CT molecular complexity index is 337. The maximum Gasteiger partial charge on any atom is 0.417 e. The average molecular weight is 233 g/mol. The van der Waals surface area contributed by atoms with Crippen molar-refractivity contribution >= 4 is 12.2 Å². The second-order valence-electron chi connectivity index (χ2n) is 2.93. The topological polar surface area (TPSA) is 54.0 Å². The standard InChI is InChI=1S/C9H10F3N3O/c10-9(11,12)7-1-2-8(15-5-7)14-4-3-13-6-16/h1-2,5-6H,3-4H2,(H,13,16)(H,14,15). The van der Waals surface area contributed by atoms with Crippen molar-refractivity contribution in [2.24, 2.45) is 0 Å². The number of nitrogens with zero attached hydrogens (tertiary/aromatic N) is 1. The molecule has 0 atom stereocenters. The van der Waals surface area contributed by atoms with Gasteiger partial charge in [-0.25, -0.2) is 4.98 Å². The van der Waals surface area contributed by atoms with Crippen molar-refractivity contribution in [1.82, 2.24) is 10.3 Å². The Kier molecular flexibility index (Phi) is 4.10. The summed E-state index contributed by atoms with van der Waals surface area (Å²) in [6.07, 6.45) is -3.07. The lowest BCUT2D eigenvalue weighted by Gasteiger charge is -2.08. The minimum absolute atomic E-state index is 0.334. The molecule has 2 N–H and O–H groups in total. The fraction of sp³-hybridized carbons (Fsp3) is 0.333. The molecule has 1 rings (SSSR count). The second-order valence-corrected chi connectivity index (χ2v) is 2.93. The van der Waals surface area contributed by atoms with Crippen molar-refractivity contribution in [3.05, 3.63) is 23.9 Å². The molecule has 0 fully saturated rings. The lowest BCUT2D eigenvalue weighted by Crippen LogP contribution is -2.20. The molecule has 0 saturated carbocycles. The van der Waals surface area contributed by atoms with Gasteiger partial charge in [-0.3, -0.25) is 4.79 Å². The molecule has 0 aliphatic rings.